The third kappa shape index (κ3) is 4.56. The van der Waals surface area contributed by atoms with E-state index in [0.29, 0.717) is 15.7 Å². The highest BCUT2D eigenvalue weighted by Crippen LogP contribution is 2.33. The van der Waals surface area contributed by atoms with Crippen LogP contribution in [0, 0.1) is 0 Å². The molecule has 1 heterocycles. The molecule has 2 aromatic rings. The lowest BCUT2D eigenvalue weighted by Crippen LogP contribution is -2.11. The first-order valence-electron chi connectivity index (χ1n) is 8.37. The summed E-state index contributed by atoms with van der Waals surface area (Å²) in [5.74, 6) is -0.0120. The van der Waals surface area contributed by atoms with E-state index in [0.717, 1.165) is 43.3 Å². The molecule has 1 saturated carbocycles. The van der Waals surface area contributed by atoms with Gasteiger partial charge in [-0.25, -0.2) is 0 Å². The van der Waals surface area contributed by atoms with Crippen molar-refractivity contribution in [2.45, 2.75) is 43.2 Å². The summed E-state index contributed by atoms with van der Waals surface area (Å²) in [5.41, 5.74) is 0.468. The molecule has 9 heteroatoms. The summed E-state index contributed by atoms with van der Waals surface area (Å²) in [6.45, 7) is 0. The Bertz CT molecular complexity index is 818. The zero-order valence-corrected chi connectivity index (χ0v) is 15.6. The van der Waals surface area contributed by atoms with Crippen LogP contribution < -0.4 is 0 Å². The van der Waals surface area contributed by atoms with Gasteiger partial charge in [-0.2, -0.15) is 9.78 Å². The Hall–Kier alpha value is -2.06. The average Bonchev–Trinajstić information content (AvgIpc) is 3.04. The van der Waals surface area contributed by atoms with Crippen LogP contribution in [0.5, 0.6) is 5.75 Å². The lowest BCUT2D eigenvalue weighted by molar-refractivity contribution is -0.133. The molecule has 1 aromatic carbocycles. The molecule has 2 N–H and O–H groups in total. The molecule has 3 rings (SSSR count). The van der Waals surface area contributed by atoms with E-state index in [-0.39, 0.29) is 17.4 Å². The van der Waals surface area contributed by atoms with E-state index >= 15 is 0 Å². The van der Waals surface area contributed by atoms with Crippen LogP contribution in [0.25, 0.3) is 0 Å². The van der Waals surface area contributed by atoms with Crippen LogP contribution in [0.1, 0.15) is 49.4 Å². The first-order valence-corrected chi connectivity index (χ1v) is 9.73. The van der Waals surface area contributed by atoms with E-state index < -0.39 is 5.97 Å². The average molecular weight is 395 g/mol. The summed E-state index contributed by atoms with van der Waals surface area (Å²) in [5, 5.41) is 32.6. The van der Waals surface area contributed by atoms with Gasteiger partial charge >= 0.3 is 5.97 Å². The van der Waals surface area contributed by atoms with E-state index in [9.17, 15) is 9.90 Å². The van der Waals surface area contributed by atoms with Crippen LogP contribution in [-0.2, 0) is 4.79 Å². The molecule has 0 unspecified atom stereocenters. The lowest BCUT2D eigenvalue weighted by atomic mass is 9.89. The molecule has 0 bridgehead atoms. The fraction of sp³-hybridized carbons (Fsp3) is 0.412. The zero-order chi connectivity index (χ0) is 18.5. The Balaban J connectivity index is 1.93. The molecule has 1 aliphatic carbocycles. The molecule has 0 spiro atoms. The number of hydrogen-bond acceptors (Lipinski definition) is 6. The van der Waals surface area contributed by atoms with E-state index in [1.807, 2.05) is 0 Å². The van der Waals surface area contributed by atoms with Gasteiger partial charge in [0.2, 0.25) is 5.16 Å². The van der Waals surface area contributed by atoms with E-state index in [4.69, 9.17) is 16.7 Å². The van der Waals surface area contributed by atoms with E-state index in [1.54, 1.807) is 16.8 Å². The molecular formula is C17H19ClN4O3S. The molecule has 7 nitrogen and oxygen atoms in total. The number of phenols is 1. The highest BCUT2D eigenvalue weighted by Gasteiger charge is 2.24. The molecule has 0 atom stereocenters. The van der Waals surface area contributed by atoms with Crippen LogP contribution in [0.3, 0.4) is 0 Å². The van der Waals surface area contributed by atoms with Gasteiger partial charge in [0.1, 0.15) is 5.75 Å². The number of aromatic nitrogens is 3. The minimum atomic E-state index is -0.930. The first-order chi connectivity index (χ1) is 12.5. The van der Waals surface area contributed by atoms with Gasteiger partial charge < -0.3 is 10.2 Å². The highest BCUT2D eigenvalue weighted by atomic mass is 35.5. The van der Waals surface area contributed by atoms with Crippen molar-refractivity contribution >= 4 is 35.5 Å². The second-order valence-electron chi connectivity index (χ2n) is 6.12. The third-order valence-corrected chi connectivity index (χ3v) is 5.37. The number of phenolic OH excluding ortho intramolecular Hbond substituents is 1. The lowest BCUT2D eigenvalue weighted by Gasteiger charge is -2.20. The minimum absolute atomic E-state index is 0.0604. The van der Waals surface area contributed by atoms with Crippen LogP contribution >= 0.6 is 23.4 Å². The fourth-order valence-corrected chi connectivity index (χ4v) is 3.76. The Kier molecular flexibility index (Phi) is 6.16. The van der Waals surface area contributed by atoms with Gasteiger partial charge in [-0.05, 0) is 31.0 Å². The number of aromatic hydroxyl groups is 1. The van der Waals surface area contributed by atoms with Crippen LogP contribution in [-0.4, -0.2) is 43.0 Å². The van der Waals surface area contributed by atoms with Gasteiger partial charge in [0.25, 0.3) is 0 Å². The first kappa shape index (κ1) is 18.7. The standard InChI is InChI=1S/C17H19ClN4O3S/c18-13-6-7-14(23)12(8-13)9-19-22-16(11-4-2-1-3-5-11)20-21-17(22)26-10-15(24)25/h6-9,11,23H,1-5,10H2,(H,24,25)/b19-9+. The zero-order valence-electron chi connectivity index (χ0n) is 14.0. The number of aliphatic carboxylic acids is 1. The molecule has 138 valence electrons. The van der Waals surface area contributed by atoms with Crippen molar-refractivity contribution in [1.82, 2.24) is 14.9 Å². The summed E-state index contributed by atoms with van der Waals surface area (Å²) in [6, 6.07) is 4.70. The fourth-order valence-electron chi connectivity index (χ4n) is 2.97. The molecule has 1 fully saturated rings. The maximum atomic E-state index is 10.9. The normalized spacial score (nSPS) is 15.6. The summed E-state index contributed by atoms with van der Waals surface area (Å²) >= 11 is 7.04. The van der Waals surface area contributed by atoms with Crippen molar-refractivity contribution in [2.24, 2.45) is 5.10 Å². The largest absolute Gasteiger partial charge is 0.507 e. The van der Waals surface area contributed by atoms with Crippen molar-refractivity contribution < 1.29 is 15.0 Å². The number of carboxylic acid groups (broad SMARTS) is 1. The van der Waals surface area contributed by atoms with Gasteiger partial charge in [-0.1, -0.05) is 42.6 Å². The summed E-state index contributed by atoms with van der Waals surface area (Å²) < 4.78 is 1.59. The second kappa shape index (κ2) is 8.55. The maximum Gasteiger partial charge on any atom is 0.313 e. The smallest absolute Gasteiger partial charge is 0.313 e. The number of thioether (sulfide) groups is 1. The predicted octanol–water partition coefficient (Wildman–Crippen LogP) is 3.74. The number of halogens is 1. The van der Waals surface area contributed by atoms with Crippen molar-refractivity contribution in [3.05, 3.63) is 34.6 Å². The number of nitrogens with zero attached hydrogens (tertiary/aromatic N) is 4. The quantitative estimate of drug-likeness (QED) is 0.571. The number of benzene rings is 1. The van der Waals surface area contributed by atoms with Crippen molar-refractivity contribution in [1.29, 1.82) is 0 Å². The van der Waals surface area contributed by atoms with Gasteiger partial charge in [-0.15, -0.1) is 10.2 Å². The molecule has 1 aromatic heterocycles. The van der Waals surface area contributed by atoms with Crippen molar-refractivity contribution in [3.63, 3.8) is 0 Å². The molecule has 0 saturated heterocycles. The monoisotopic (exact) mass is 394 g/mol. The van der Waals surface area contributed by atoms with E-state index in [1.165, 1.54) is 18.7 Å². The molecular weight excluding hydrogens is 376 g/mol. The van der Waals surface area contributed by atoms with Crippen LogP contribution in [0.2, 0.25) is 5.02 Å². The highest BCUT2D eigenvalue weighted by molar-refractivity contribution is 7.99. The Morgan fingerprint density at radius 2 is 2.12 bits per heavy atom. The summed E-state index contributed by atoms with van der Waals surface area (Å²) in [4.78, 5) is 10.9. The molecule has 1 aliphatic rings. The third-order valence-electron chi connectivity index (χ3n) is 4.23. The number of carbonyl (C=O) groups is 1. The number of hydrogen-bond donors (Lipinski definition) is 2. The summed E-state index contributed by atoms with van der Waals surface area (Å²) in [6.07, 6.45) is 6.99. The summed E-state index contributed by atoms with van der Waals surface area (Å²) in [7, 11) is 0. The Labute approximate surface area is 160 Å². The minimum Gasteiger partial charge on any atom is -0.507 e. The SMILES string of the molecule is O=C(O)CSc1nnc(C2CCCCC2)n1/N=C/c1cc(Cl)ccc1O. The molecule has 0 amide bonds. The van der Waals surface area contributed by atoms with Crippen LogP contribution in [0.15, 0.2) is 28.5 Å². The molecule has 26 heavy (non-hydrogen) atoms. The maximum absolute atomic E-state index is 10.9. The molecule has 0 aliphatic heterocycles. The van der Waals surface area contributed by atoms with Crippen molar-refractivity contribution in [3.8, 4) is 5.75 Å². The second-order valence-corrected chi connectivity index (χ2v) is 7.50. The van der Waals surface area contributed by atoms with Gasteiger partial charge in [0.05, 0.1) is 12.0 Å². The van der Waals surface area contributed by atoms with Gasteiger partial charge in [-0.3, -0.25) is 4.79 Å². The number of carboxylic acids is 1. The Morgan fingerprint density at radius 1 is 1.35 bits per heavy atom. The molecule has 0 radical (unpaired) electrons. The number of rotatable bonds is 6. The van der Waals surface area contributed by atoms with Gasteiger partial charge in [0.15, 0.2) is 5.82 Å². The predicted molar refractivity (Wildman–Crippen MR) is 100 cm³/mol. The van der Waals surface area contributed by atoms with Crippen molar-refractivity contribution in [2.75, 3.05) is 5.75 Å². The van der Waals surface area contributed by atoms with Gasteiger partial charge in [0, 0.05) is 16.5 Å². The van der Waals surface area contributed by atoms with E-state index in [2.05, 4.69) is 15.3 Å². The van der Waals surface area contributed by atoms with Crippen LogP contribution in [0.4, 0.5) is 0 Å². The Morgan fingerprint density at radius 3 is 2.85 bits per heavy atom. The topological polar surface area (TPSA) is 101 Å².